The number of rotatable bonds is 3. The molecule has 1 saturated heterocycles. The van der Waals surface area contributed by atoms with Crippen LogP contribution in [0, 0.1) is 11.3 Å². The van der Waals surface area contributed by atoms with Gasteiger partial charge in [0.05, 0.1) is 6.10 Å². The summed E-state index contributed by atoms with van der Waals surface area (Å²) in [6.45, 7) is 1.65. The Morgan fingerprint density at radius 2 is 2.25 bits per heavy atom. The summed E-state index contributed by atoms with van der Waals surface area (Å²) in [6.07, 6.45) is 5.57. The number of nitrogens with zero attached hydrogens (tertiary/aromatic N) is 1. The molecule has 1 aromatic carbocycles. The maximum Gasteiger partial charge on any atom is 0.191 e. The number of fused-ring (bicyclic) bond motifs is 2. The Balaban J connectivity index is 0.00000169. The summed E-state index contributed by atoms with van der Waals surface area (Å²) in [5.41, 5.74) is 1.53. The second-order valence-corrected chi connectivity index (χ2v) is 7.44. The van der Waals surface area contributed by atoms with Gasteiger partial charge in [-0.25, -0.2) is 0 Å². The van der Waals surface area contributed by atoms with E-state index in [1.54, 1.807) is 0 Å². The van der Waals surface area contributed by atoms with Crippen molar-refractivity contribution in [3.8, 4) is 0 Å². The van der Waals surface area contributed by atoms with Gasteiger partial charge in [-0.3, -0.25) is 4.99 Å². The van der Waals surface area contributed by atoms with Crippen LogP contribution < -0.4 is 10.6 Å². The highest BCUT2D eigenvalue weighted by molar-refractivity contribution is 14.0. The molecule has 3 fully saturated rings. The van der Waals surface area contributed by atoms with Gasteiger partial charge in [0.1, 0.15) is 0 Å². The van der Waals surface area contributed by atoms with E-state index in [0.717, 1.165) is 29.7 Å². The number of nitrogens with one attached hydrogen (secondary N) is 2. The Morgan fingerprint density at radius 3 is 2.92 bits per heavy atom. The van der Waals surface area contributed by atoms with E-state index >= 15 is 0 Å². The summed E-state index contributed by atoms with van der Waals surface area (Å²) >= 11 is 6.05. The SMILES string of the molecule is CN=C(NCc1cccc(Cl)c1)NC1C2CCOC2C12CCC2.I. The van der Waals surface area contributed by atoms with Crippen LogP contribution in [0.3, 0.4) is 0 Å². The largest absolute Gasteiger partial charge is 0.377 e. The smallest absolute Gasteiger partial charge is 0.191 e. The highest BCUT2D eigenvalue weighted by atomic mass is 127. The highest BCUT2D eigenvalue weighted by Gasteiger charge is 2.66. The van der Waals surface area contributed by atoms with Crippen LogP contribution in [0.1, 0.15) is 31.2 Å². The molecule has 0 bridgehead atoms. The molecule has 4 nitrogen and oxygen atoms in total. The lowest BCUT2D eigenvalue weighted by Crippen LogP contribution is -2.72. The number of ether oxygens (including phenoxy) is 1. The molecule has 1 aromatic rings. The van der Waals surface area contributed by atoms with Gasteiger partial charge in [0, 0.05) is 42.6 Å². The fourth-order valence-corrected chi connectivity index (χ4v) is 4.84. The molecule has 0 radical (unpaired) electrons. The van der Waals surface area contributed by atoms with E-state index in [4.69, 9.17) is 16.3 Å². The first-order valence-corrected chi connectivity index (χ1v) is 8.94. The molecular formula is C18H25ClIN3O. The molecule has 0 aromatic heterocycles. The van der Waals surface area contributed by atoms with Crippen LogP contribution >= 0.6 is 35.6 Å². The molecule has 6 heteroatoms. The van der Waals surface area contributed by atoms with E-state index in [9.17, 15) is 0 Å². The van der Waals surface area contributed by atoms with Gasteiger partial charge in [0.15, 0.2) is 5.96 Å². The Labute approximate surface area is 165 Å². The van der Waals surface area contributed by atoms with Crippen molar-refractivity contribution in [3.05, 3.63) is 34.9 Å². The molecule has 132 valence electrons. The first-order valence-electron chi connectivity index (χ1n) is 8.56. The van der Waals surface area contributed by atoms with E-state index in [2.05, 4.69) is 21.7 Å². The molecule has 24 heavy (non-hydrogen) atoms. The van der Waals surface area contributed by atoms with Gasteiger partial charge in [-0.15, -0.1) is 24.0 Å². The molecule has 3 aliphatic rings. The lowest BCUT2D eigenvalue weighted by molar-refractivity contribution is -0.171. The van der Waals surface area contributed by atoms with Gasteiger partial charge in [0.25, 0.3) is 0 Å². The lowest BCUT2D eigenvalue weighted by Gasteiger charge is -2.63. The highest BCUT2D eigenvalue weighted by Crippen LogP contribution is 2.62. The molecule has 1 spiro atoms. The first kappa shape index (κ1) is 18.3. The zero-order valence-electron chi connectivity index (χ0n) is 13.9. The van der Waals surface area contributed by atoms with Crippen molar-refractivity contribution in [1.29, 1.82) is 0 Å². The third-order valence-corrected chi connectivity index (χ3v) is 6.14. The molecular weight excluding hydrogens is 437 g/mol. The van der Waals surface area contributed by atoms with Crippen LogP contribution in [0.25, 0.3) is 0 Å². The van der Waals surface area contributed by atoms with Gasteiger partial charge < -0.3 is 15.4 Å². The predicted molar refractivity (Wildman–Crippen MR) is 108 cm³/mol. The Bertz CT molecular complexity index is 620. The van der Waals surface area contributed by atoms with E-state index in [1.807, 2.05) is 25.2 Å². The Hall–Kier alpha value is -0.530. The van der Waals surface area contributed by atoms with Crippen LogP contribution in [0.2, 0.25) is 5.02 Å². The predicted octanol–water partition coefficient (Wildman–Crippen LogP) is 3.58. The maximum absolute atomic E-state index is 6.05. The number of benzene rings is 1. The Morgan fingerprint density at radius 1 is 1.42 bits per heavy atom. The number of halogens is 2. The molecule has 3 unspecified atom stereocenters. The second kappa shape index (κ2) is 7.38. The fourth-order valence-electron chi connectivity index (χ4n) is 4.63. The molecule has 2 N–H and O–H groups in total. The van der Waals surface area contributed by atoms with Gasteiger partial charge in [-0.1, -0.05) is 30.2 Å². The topological polar surface area (TPSA) is 45.7 Å². The number of hydrogen-bond acceptors (Lipinski definition) is 2. The fraction of sp³-hybridized carbons (Fsp3) is 0.611. The van der Waals surface area contributed by atoms with Crippen LogP contribution in [0.15, 0.2) is 29.3 Å². The second-order valence-electron chi connectivity index (χ2n) is 7.01. The Kier molecular flexibility index (Phi) is 5.62. The minimum Gasteiger partial charge on any atom is -0.377 e. The zero-order chi connectivity index (χ0) is 15.9. The minimum absolute atomic E-state index is 0. The van der Waals surface area contributed by atoms with E-state index in [1.165, 1.54) is 25.7 Å². The van der Waals surface area contributed by atoms with Crippen molar-refractivity contribution in [2.45, 2.75) is 44.4 Å². The van der Waals surface area contributed by atoms with Gasteiger partial charge in [-0.2, -0.15) is 0 Å². The quantitative estimate of drug-likeness (QED) is 0.411. The zero-order valence-corrected chi connectivity index (χ0v) is 17.0. The lowest BCUT2D eigenvalue weighted by atomic mass is 9.46. The third-order valence-electron chi connectivity index (χ3n) is 5.90. The summed E-state index contributed by atoms with van der Waals surface area (Å²) in [6, 6.07) is 8.44. The van der Waals surface area contributed by atoms with Crippen molar-refractivity contribution in [2.24, 2.45) is 16.3 Å². The van der Waals surface area contributed by atoms with Crippen molar-refractivity contribution >= 4 is 41.5 Å². The molecule has 4 rings (SSSR count). The summed E-state index contributed by atoms with van der Waals surface area (Å²) in [5.74, 6) is 1.53. The van der Waals surface area contributed by atoms with Gasteiger partial charge in [-0.05, 0) is 37.0 Å². The van der Waals surface area contributed by atoms with E-state index in [0.29, 0.717) is 23.5 Å². The van der Waals surface area contributed by atoms with Crippen LogP contribution in [0.4, 0.5) is 0 Å². The molecule has 1 heterocycles. The van der Waals surface area contributed by atoms with Crippen molar-refractivity contribution in [2.75, 3.05) is 13.7 Å². The van der Waals surface area contributed by atoms with Crippen molar-refractivity contribution in [3.63, 3.8) is 0 Å². The van der Waals surface area contributed by atoms with Crippen molar-refractivity contribution in [1.82, 2.24) is 10.6 Å². The van der Waals surface area contributed by atoms with Crippen molar-refractivity contribution < 1.29 is 4.74 Å². The minimum atomic E-state index is 0. The summed E-state index contributed by atoms with van der Waals surface area (Å²) in [4.78, 5) is 4.41. The van der Waals surface area contributed by atoms with E-state index < -0.39 is 0 Å². The van der Waals surface area contributed by atoms with Crippen LogP contribution in [0.5, 0.6) is 0 Å². The van der Waals surface area contributed by atoms with Gasteiger partial charge in [0.2, 0.25) is 0 Å². The molecule has 3 atom stereocenters. The summed E-state index contributed by atoms with van der Waals surface area (Å²) in [7, 11) is 1.84. The monoisotopic (exact) mass is 461 g/mol. The summed E-state index contributed by atoms with van der Waals surface area (Å²) in [5, 5.41) is 7.86. The average Bonchev–Trinajstić information content (AvgIpc) is 2.91. The average molecular weight is 462 g/mol. The van der Waals surface area contributed by atoms with Crippen LogP contribution in [-0.2, 0) is 11.3 Å². The van der Waals surface area contributed by atoms with Crippen LogP contribution in [-0.4, -0.2) is 31.8 Å². The molecule has 0 amide bonds. The van der Waals surface area contributed by atoms with E-state index in [-0.39, 0.29) is 24.0 Å². The number of guanidine groups is 1. The molecule has 2 saturated carbocycles. The first-order chi connectivity index (χ1) is 11.2. The number of hydrogen-bond donors (Lipinski definition) is 2. The maximum atomic E-state index is 6.05. The number of aliphatic imine (C=N–C) groups is 1. The molecule has 2 aliphatic carbocycles. The third kappa shape index (κ3) is 3.03. The normalized spacial score (nSPS) is 29.9. The molecule has 1 aliphatic heterocycles. The van der Waals surface area contributed by atoms with Gasteiger partial charge >= 0.3 is 0 Å². The standard InChI is InChI=1S/C18H24ClN3O.HI/c1-20-17(21-11-12-4-2-5-13(19)10-12)22-15-14-6-9-23-16(14)18(15)7-3-8-18;/h2,4-5,10,14-16H,3,6-9,11H2,1H3,(H2,20,21,22);1H. The summed E-state index contributed by atoms with van der Waals surface area (Å²) < 4.78 is 5.98.